The first-order valence-electron chi connectivity index (χ1n) is 10.9. The third kappa shape index (κ3) is 6.27. The van der Waals surface area contributed by atoms with Gasteiger partial charge in [0.25, 0.3) is 5.91 Å². The smallest absolute Gasteiger partial charge is 0.338 e. The molecule has 0 aliphatic heterocycles. The highest BCUT2D eigenvalue weighted by Gasteiger charge is 2.14. The molecular weight excluding hydrogens is 498 g/mol. The summed E-state index contributed by atoms with van der Waals surface area (Å²) in [6.07, 6.45) is 3.68. The molecule has 2 aromatic carbocycles. The van der Waals surface area contributed by atoms with E-state index in [2.05, 4.69) is 10.3 Å². The molecule has 0 unspecified atom stereocenters. The van der Waals surface area contributed by atoms with Crippen molar-refractivity contribution >= 4 is 46.0 Å². The van der Waals surface area contributed by atoms with Crippen LogP contribution in [-0.4, -0.2) is 23.5 Å². The van der Waals surface area contributed by atoms with E-state index in [1.165, 1.54) is 17.4 Å². The van der Waals surface area contributed by atoms with E-state index in [1.54, 1.807) is 49.5 Å². The minimum Gasteiger partial charge on any atom is -0.462 e. The van der Waals surface area contributed by atoms with Gasteiger partial charge in [-0.15, -0.1) is 11.3 Å². The van der Waals surface area contributed by atoms with Crippen LogP contribution in [0.1, 0.15) is 33.5 Å². The predicted molar refractivity (Wildman–Crippen MR) is 139 cm³/mol. The van der Waals surface area contributed by atoms with Crippen LogP contribution in [0.3, 0.4) is 0 Å². The number of rotatable bonds is 8. The van der Waals surface area contributed by atoms with Crippen LogP contribution in [0.15, 0.2) is 76.9 Å². The lowest BCUT2D eigenvalue weighted by atomic mass is 10.1. The molecule has 7 nitrogen and oxygen atoms in total. The summed E-state index contributed by atoms with van der Waals surface area (Å²) in [5, 5.41) is 13.2. The number of furan rings is 1. The van der Waals surface area contributed by atoms with E-state index in [1.807, 2.05) is 30.3 Å². The molecule has 0 bridgehead atoms. The number of esters is 1. The largest absolute Gasteiger partial charge is 0.462 e. The molecule has 0 aliphatic carbocycles. The van der Waals surface area contributed by atoms with Gasteiger partial charge in [0.15, 0.2) is 5.13 Å². The fourth-order valence-corrected chi connectivity index (χ4v) is 4.38. The summed E-state index contributed by atoms with van der Waals surface area (Å²) in [5.41, 5.74) is 2.08. The zero-order valence-corrected chi connectivity index (χ0v) is 20.7. The summed E-state index contributed by atoms with van der Waals surface area (Å²) in [7, 11) is 0. The number of nitrogens with zero attached hydrogens (tertiary/aromatic N) is 2. The number of aromatic nitrogens is 1. The van der Waals surface area contributed by atoms with Crippen molar-refractivity contribution in [1.82, 2.24) is 4.98 Å². The minimum atomic E-state index is -0.585. The number of ether oxygens (including phenoxy) is 1. The van der Waals surface area contributed by atoms with Gasteiger partial charge in [0.1, 0.15) is 23.2 Å². The van der Waals surface area contributed by atoms with Crippen LogP contribution in [0.2, 0.25) is 5.02 Å². The monoisotopic (exact) mass is 517 g/mol. The lowest BCUT2D eigenvalue weighted by molar-refractivity contribution is -0.112. The van der Waals surface area contributed by atoms with Gasteiger partial charge in [-0.1, -0.05) is 35.9 Å². The Balaban J connectivity index is 1.42. The lowest BCUT2D eigenvalue weighted by Gasteiger charge is -2.02. The standard InChI is InChI=1S/C27H20ClN3O4S/c1-2-34-26(33)19-8-6-18(7-9-19)24-11-10-22(35-24)14-20(15-29)25(32)31-27-30-16-23(36-27)13-17-4-3-5-21(28)12-17/h3-12,14,16H,2,13H2,1H3,(H,30,31,32). The van der Waals surface area contributed by atoms with Gasteiger partial charge < -0.3 is 9.15 Å². The van der Waals surface area contributed by atoms with Crippen molar-refractivity contribution in [2.75, 3.05) is 11.9 Å². The summed E-state index contributed by atoms with van der Waals surface area (Å²) < 4.78 is 10.8. The van der Waals surface area contributed by atoms with Crippen LogP contribution in [-0.2, 0) is 16.0 Å². The SMILES string of the molecule is CCOC(=O)c1ccc(-c2ccc(C=C(C#N)C(=O)Nc3ncc(Cc4cccc(Cl)c4)s3)o2)cc1. The average Bonchev–Trinajstić information content (AvgIpc) is 3.52. The Morgan fingerprint density at radius 2 is 2.00 bits per heavy atom. The Hall–Kier alpha value is -4.19. The quantitative estimate of drug-likeness (QED) is 0.165. The first-order chi connectivity index (χ1) is 17.4. The van der Waals surface area contributed by atoms with Crippen LogP contribution < -0.4 is 5.32 Å². The zero-order chi connectivity index (χ0) is 25.5. The van der Waals surface area contributed by atoms with Crippen LogP contribution in [0.25, 0.3) is 17.4 Å². The van der Waals surface area contributed by atoms with Gasteiger partial charge >= 0.3 is 5.97 Å². The van der Waals surface area contributed by atoms with E-state index < -0.39 is 11.9 Å². The molecule has 4 aromatic rings. The molecule has 2 heterocycles. The molecule has 0 atom stereocenters. The normalized spacial score (nSPS) is 11.1. The summed E-state index contributed by atoms with van der Waals surface area (Å²) >= 11 is 7.36. The highest BCUT2D eigenvalue weighted by Crippen LogP contribution is 2.25. The molecule has 9 heteroatoms. The van der Waals surface area contributed by atoms with Crippen molar-refractivity contribution < 1.29 is 18.7 Å². The van der Waals surface area contributed by atoms with Gasteiger partial charge in [0, 0.05) is 34.2 Å². The van der Waals surface area contributed by atoms with Gasteiger partial charge in [0.2, 0.25) is 0 Å². The molecule has 0 spiro atoms. The third-order valence-corrected chi connectivity index (χ3v) is 6.15. The molecule has 0 radical (unpaired) electrons. The van der Waals surface area contributed by atoms with Crippen molar-refractivity contribution in [1.29, 1.82) is 5.26 Å². The van der Waals surface area contributed by atoms with Crippen molar-refractivity contribution in [2.24, 2.45) is 0 Å². The Morgan fingerprint density at radius 1 is 1.19 bits per heavy atom. The fraction of sp³-hybridized carbons (Fsp3) is 0.111. The number of carbonyl (C=O) groups excluding carboxylic acids is 2. The topological polar surface area (TPSA) is 105 Å². The average molecular weight is 518 g/mol. The van der Waals surface area contributed by atoms with Crippen LogP contribution >= 0.6 is 22.9 Å². The predicted octanol–water partition coefficient (Wildman–Crippen LogP) is 6.37. The second-order valence-electron chi connectivity index (χ2n) is 7.56. The maximum Gasteiger partial charge on any atom is 0.338 e. The third-order valence-electron chi connectivity index (χ3n) is 5.00. The van der Waals surface area contributed by atoms with Crippen molar-refractivity contribution in [3.63, 3.8) is 0 Å². The Labute approximate surface area is 216 Å². The van der Waals surface area contributed by atoms with E-state index in [0.29, 0.717) is 40.3 Å². The Morgan fingerprint density at radius 3 is 2.72 bits per heavy atom. The molecule has 0 aliphatic rings. The second-order valence-corrected chi connectivity index (χ2v) is 9.11. The van der Waals surface area contributed by atoms with Gasteiger partial charge in [-0.25, -0.2) is 9.78 Å². The molecule has 1 amide bonds. The van der Waals surface area contributed by atoms with E-state index in [0.717, 1.165) is 16.0 Å². The number of halogens is 1. The summed E-state index contributed by atoms with van der Waals surface area (Å²) in [5.74, 6) is -0.113. The molecule has 0 fully saturated rings. The van der Waals surface area contributed by atoms with Gasteiger partial charge in [0.05, 0.1) is 12.2 Å². The molecule has 36 heavy (non-hydrogen) atoms. The van der Waals surface area contributed by atoms with Crippen molar-refractivity contribution in [3.8, 4) is 17.4 Å². The maximum atomic E-state index is 12.7. The number of nitrogens with one attached hydrogen (secondary N) is 1. The van der Waals surface area contributed by atoms with Crippen LogP contribution in [0, 0.1) is 11.3 Å². The lowest BCUT2D eigenvalue weighted by Crippen LogP contribution is -2.13. The number of anilines is 1. The van der Waals surface area contributed by atoms with Crippen molar-refractivity contribution in [3.05, 3.63) is 99.2 Å². The summed E-state index contributed by atoms with van der Waals surface area (Å²) in [4.78, 5) is 29.6. The molecular formula is C27H20ClN3O4S. The van der Waals surface area contributed by atoms with E-state index >= 15 is 0 Å². The zero-order valence-electron chi connectivity index (χ0n) is 19.2. The number of amides is 1. The van der Waals surface area contributed by atoms with E-state index in [4.69, 9.17) is 20.8 Å². The fourth-order valence-electron chi connectivity index (χ4n) is 3.32. The molecule has 1 N–H and O–H groups in total. The second kappa shape index (κ2) is 11.5. The maximum absolute atomic E-state index is 12.7. The molecule has 0 saturated heterocycles. The Bertz CT molecular complexity index is 1460. The molecule has 0 saturated carbocycles. The van der Waals surface area contributed by atoms with Gasteiger partial charge in [-0.05, 0) is 48.9 Å². The number of hydrogen-bond acceptors (Lipinski definition) is 7. The summed E-state index contributed by atoms with van der Waals surface area (Å²) in [6, 6.07) is 19.6. The highest BCUT2D eigenvalue weighted by molar-refractivity contribution is 7.15. The number of nitriles is 1. The first-order valence-corrected chi connectivity index (χ1v) is 12.1. The minimum absolute atomic E-state index is 0.125. The number of thiazole rings is 1. The summed E-state index contributed by atoms with van der Waals surface area (Å²) in [6.45, 7) is 2.05. The first kappa shape index (κ1) is 24.9. The molecule has 2 aromatic heterocycles. The van der Waals surface area contributed by atoms with Crippen molar-refractivity contribution in [2.45, 2.75) is 13.3 Å². The highest BCUT2D eigenvalue weighted by atomic mass is 35.5. The Kier molecular flexibility index (Phi) is 7.95. The molecule has 4 rings (SSSR count). The van der Waals surface area contributed by atoms with Gasteiger partial charge in [-0.2, -0.15) is 5.26 Å². The van der Waals surface area contributed by atoms with E-state index in [9.17, 15) is 14.9 Å². The van der Waals surface area contributed by atoms with E-state index in [-0.39, 0.29) is 5.57 Å². The number of benzene rings is 2. The molecule has 180 valence electrons. The number of hydrogen-bond donors (Lipinski definition) is 1. The van der Waals surface area contributed by atoms with Gasteiger partial charge in [-0.3, -0.25) is 10.1 Å². The number of carbonyl (C=O) groups is 2. The van der Waals surface area contributed by atoms with Crippen LogP contribution in [0.5, 0.6) is 0 Å². The van der Waals surface area contributed by atoms with Crippen LogP contribution in [0.4, 0.5) is 5.13 Å².